The van der Waals surface area contributed by atoms with E-state index in [1.54, 1.807) is 11.7 Å². The second-order valence-corrected chi connectivity index (χ2v) is 10.2. The van der Waals surface area contributed by atoms with Crippen LogP contribution in [-0.2, 0) is 32.9 Å². The maximum Gasteiger partial charge on any atom is 0.332 e. The zero-order valence-corrected chi connectivity index (χ0v) is 20.1. The molecule has 0 saturated heterocycles. The van der Waals surface area contributed by atoms with E-state index < -0.39 is 5.60 Å². The molecule has 8 nitrogen and oxygen atoms in total. The van der Waals surface area contributed by atoms with E-state index >= 15 is 0 Å². The van der Waals surface area contributed by atoms with Crippen molar-refractivity contribution in [2.75, 3.05) is 20.3 Å². The molecule has 172 valence electrons. The van der Waals surface area contributed by atoms with E-state index in [-0.39, 0.29) is 29.3 Å². The molecule has 0 spiro atoms. The molecule has 2 aromatic heterocycles. The summed E-state index contributed by atoms with van der Waals surface area (Å²) in [5.74, 6) is -0.329. The van der Waals surface area contributed by atoms with E-state index in [0.29, 0.717) is 29.9 Å². The third kappa shape index (κ3) is 4.78. The Morgan fingerprint density at radius 1 is 1.26 bits per heavy atom. The Morgan fingerprint density at radius 2 is 1.94 bits per heavy atom. The molecule has 31 heavy (non-hydrogen) atoms. The maximum absolute atomic E-state index is 13.4. The molecule has 1 aliphatic rings. The number of carbonyl (C=O) groups is 1. The lowest BCUT2D eigenvalue weighted by molar-refractivity contribution is -0.153. The molecule has 0 atom stereocenters. The summed E-state index contributed by atoms with van der Waals surface area (Å²) < 4.78 is 13.7. The van der Waals surface area contributed by atoms with Crippen LogP contribution in [0.3, 0.4) is 0 Å². The number of hydrogen-bond donors (Lipinski definition) is 1. The first-order chi connectivity index (χ1) is 14.5. The monoisotopic (exact) mass is 451 g/mol. The molecule has 0 aromatic carbocycles. The average Bonchev–Trinajstić information content (AvgIpc) is 3.39. The summed E-state index contributed by atoms with van der Waals surface area (Å²) >= 11 is 1.42. The number of aromatic nitrogens is 2. The molecule has 0 unspecified atom stereocenters. The van der Waals surface area contributed by atoms with E-state index in [1.165, 1.54) is 15.9 Å². The van der Waals surface area contributed by atoms with Gasteiger partial charge < -0.3 is 14.8 Å². The van der Waals surface area contributed by atoms with Crippen LogP contribution in [0.15, 0.2) is 9.59 Å². The van der Waals surface area contributed by atoms with Gasteiger partial charge in [-0.1, -0.05) is 6.92 Å². The van der Waals surface area contributed by atoms with Crippen LogP contribution in [0.4, 0.5) is 0 Å². The van der Waals surface area contributed by atoms with Crippen LogP contribution in [0, 0.1) is 6.92 Å². The predicted octanol–water partition coefficient (Wildman–Crippen LogP) is 2.51. The molecule has 0 aliphatic heterocycles. The molecule has 0 amide bonds. The summed E-state index contributed by atoms with van der Waals surface area (Å²) in [5.41, 5.74) is -0.509. The molecule has 1 N–H and O–H groups in total. The first-order valence-electron chi connectivity index (χ1n) is 10.7. The summed E-state index contributed by atoms with van der Waals surface area (Å²) in [7, 11) is 1.60. The standard InChI is InChI=1S/C22H33N3O5S/c1-7-22(8-9-22)25-18(27)17-14(2)15(12-23-13-16(26)30-21(3,4)5)31-19(17)24(20(25)28)10-11-29-6/h23H,7-13H2,1-6H3. The van der Waals surface area contributed by atoms with Gasteiger partial charge in [-0.3, -0.25) is 18.7 Å². The van der Waals surface area contributed by atoms with E-state index in [0.717, 1.165) is 29.7 Å². The minimum Gasteiger partial charge on any atom is -0.459 e. The van der Waals surface area contributed by atoms with Crippen LogP contribution in [0.5, 0.6) is 0 Å². The molecular formula is C22H33N3O5S. The van der Waals surface area contributed by atoms with Crippen molar-refractivity contribution in [2.24, 2.45) is 0 Å². The number of aryl methyl sites for hydroxylation is 1. The number of rotatable bonds is 9. The van der Waals surface area contributed by atoms with Gasteiger partial charge in [-0.15, -0.1) is 11.3 Å². The number of esters is 1. The minimum absolute atomic E-state index is 0.0740. The van der Waals surface area contributed by atoms with Crippen LogP contribution < -0.4 is 16.6 Å². The fourth-order valence-electron chi connectivity index (χ4n) is 3.89. The summed E-state index contributed by atoms with van der Waals surface area (Å²) in [6, 6.07) is 0. The van der Waals surface area contributed by atoms with Crippen LogP contribution >= 0.6 is 11.3 Å². The minimum atomic E-state index is -0.535. The summed E-state index contributed by atoms with van der Waals surface area (Å²) in [4.78, 5) is 40.3. The molecule has 2 aromatic rings. The summed E-state index contributed by atoms with van der Waals surface area (Å²) in [5, 5.41) is 3.70. The molecular weight excluding hydrogens is 418 g/mol. The lowest BCUT2D eigenvalue weighted by atomic mass is 10.1. The Kier molecular flexibility index (Phi) is 6.78. The van der Waals surface area contributed by atoms with Gasteiger partial charge in [0.05, 0.1) is 30.6 Å². The largest absolute Gasteiger partial charge is 0.459 e. The molecule has 1 aliphatic carbocycles. The van der Waals surface area contributed by atoms with Gasteiger partial charge in [-0.05, 0) is 52.5 Å². The molecule has 1 saturated carbocycles. The van der Waals surface area contributed by atoms with Gasteiger partial charge in [0.25, 0.3) is 5.56 Å². The Morgan fingerprint density at radius 3 is 2.48 bits per heavy atom. The van der Waals surface area contributed by atoms with Crippen LogP contribution in [-0.4, -0.2) is 41.0 Å². The molecule has 0 bridgehead atoms. The van der Waals surface area contributed by atoms with Crippen LogP contribution in [0.25, 0.3) is 10.2 Å². The fraction of sp³-hybridized carbons (Fsp3) is 0.682. The zero-order valence-electron chi connectivity index (χ0n) is 19.3. The Bertz CT molecular complexity index is 1090. The topological polar surface area (TPSA) is 91.6 Å². The number of carbonyl (C=O) groups excluding carboxylic acids is 1. The van der Waals surface area contributed by atoms with E-state index in [1.807, 2.05) is 34.6 Å². The molecule has 3 rings (SSSR count). The first-order valence-corrected chi connectivity index (χ1v) is 11.6. The number of nitrogens with zero attached hydrogens (tertiary/aromatic N) is 2. The van der Waals surface area contributed by atoms with Crippen molar-refractivity contribution in [1.82, 2.24) is 14.5 Å². The Hall–Kier alpha value is -1.97. The highest BCUT2D eigenvalue weighted by Gasteiger charge is 2.45. The van der Waals surface area contributed by atoms with Gasteiger partial charge in [0.15, 0.2) is 0 Å². The zero-order chi connectivity index (χ0) is 23.0. The van der Waals surface area contributed by atoms with Crippen molar-refractivity contribution in [2.45, 2.75) is 78.1 Å². The molecule has 0 radical (unpaired) electrons. The highest BCUT2D eigenvalue weighted by atomic mass is 32.1. The highest BCUT2D eigenvalue weighted by molar-refractivity contribution is 7.18. The van der Waals surface area contributed by atoms with Gasteiger partial charge in [0, 0.05) is 18.5 Å². The summed E-state index contributed by atoms with van der Waals surface area (Å²) in [6.45, 7) is 10.7. The predicted molar refractivity (Wildman–Crippen MR) is 122 cm³/mol. The van der Waals surface area contributed by atoms with Crippen LogP contribution in [0.1, 0.15) is 57.4 Å². The van der Waals surface area contributed by atoms with E-state index in [2.05, 4.69) is 5.32 Å². The van der Waals surface area contributed by atoms with Gasteiger partial charge in [0.1, 0.15) is 10.4 Å². The Balaban J connectivity index is 1.98. The molecule has 9 heteroatoms. The van der Waals surface area contributed by atoms with Gasteiger partial charge in [-0.25, -0.2) is 4.79 Å². The first kappa shape index (κ1) is 23.7. The van der Waals surface area contributed by atoms with E-state index in [4.69, 9.17) is 9.47 Å². The summed E-state index contributed by atoms with van der Waals surface area (Å²) in [6.07, 6.45) is 2.45. The van der Waals surface area contributed by atoms with Crippen molar-refractivity contribution in [3.05, 3.63) is 31.3 Å². The quantitative estimate of drug-likeness (QED) is 0.589. The van der Waals surface area contributed by atoms with Crippen molar-refractivity contribution in [1.29, 1.82) is 0 Å². The highest BCUT2D eigenvalue weighted by Crippen LogP contribution is 2.45. The lowest BCUT2D eigenvalue weighted by Crippen LogP contribution is -2.45. The molecule has 2 heterocycles. The number of fused-ring (bicyclic) bond motifs is 1. The van der Waals surface area contributed by atoms with Gasteiger partial charge >= 0.3 is 11.7 Å². The number of hydrogen-bond acceptors (Lipinski definition) is 7. The third-order valence-electron chi connectivity index (χ3n) is 5.76. The van der Waals surface area contributed by atoms with Crippen molar-refractivity contribution in [3.8, 4) is 0 Å². The van der Waals surface area contributed by atoms with Crippen LogP contribution in [0.2, 0.25) is 0 Å². The smallest absolute Gasteiger partial charge is 0.332 e. The van der Waals surface area contributed by atoms with Gasteiger partial charge in [-0.2, -0.15) is 0 Å². The third-order valence-corrected chi connectivity index (χ3v) is 7.08. The second kappa shape index (κ2) is 8.88. The lowest BCUT2D eigenvalue weighted by Gasteiger charge is -2.19. The fourth-order valence-corrected chi connectivity index (χ4v) is 5.18. The number of methoxy groups -OCH3 is 1. The molecule has 1 fully saturated rings. The normalized spacial score (nSPS) is 15.4. The van der Waals surface area contributed by atoms with Crippen molar-refractivity contribution >= 4 is 27.5 Å². The van der Waals surface area contributed by atoms with Gasteiger partial charge in [0.2, 0.25) is 0 Å². The number of nitrogens with one attached hydrogen (secondary N) is 1. The van der Waals surface area contributed by atoms with E-state index in [9.17, 15) is 14.4 Å². The number of thiophene rings is 1. The maximum atomic E-state index is 13.4. The Labute approximate surface area is 186 Å². The van der Waals surface area contributed by atoms with Crippen molar-refractivity contribution < 1.29 is 14.3 Å². The SMILES string of the molecule is CCC1(n2c(=O)c3c(C)c(CNCC(=O)OC(C)(C)C)sc3n(CCOC)c2=O)CC1. The van der Waals surface area contributed by atoms with Crippen molar-refractivity contribution in [3.63, 3.8) is 0 Å². The second-order valence-electron chi connectivity index (χ2n) is 9.17. The number of ether oxygens (including phenoxy) is 2. The average molecular weight is 452 g/mol.